The van der Waals surface area contributed by atoms with E-state index in [9.17, 15) is 23.5 Å². The second-order valence-electron chi connectivity index (χ2n) is 7.52. The Kier molecular flexibility index (Phi) is 3.58. The largest absolute Gasteiger partial charge is 0.480 e. The molecule has 1 aromatic rings. The molecule has 1 unspecified atom stereocenters. The number of carboxylic acids is 1. The molecule has 1 aliphatic heterocycles. The smallest absolute Gasteiger partial charge is 0.411 e. The number of hydrogen-bond donors (Lipinski definition) is 1. The Labute approximate surface area is 138 Å². The molecule has 3 atom stereocenters. The third-order valence-corrected chi connectivity index (χ3v) is 4.62. The summed E-state index contributed by atoms with van der Waals surface area (Å²) in [7, 11) is 0. The van der Waals surface area contributed by atoms with Crippen LogP contribution in [-0.2, 0) is 14.9 Å². The molecule has 1 aromatic carbocycles. The maximum absolute atomic E-state index is 13.5. The number of piperidine rings is 1. The Balaban J connectivity index is 1.92. The average Bonchev–Trinajstić information content (AvgIpc) is 3.01. The molecule has 1 heterocycles. The highest BCUT2D eigenvalue weighted by Gasteiger charge is 2.69. The molecule has 0 bridgehead atoms. The van der Waals surface area contributed by atoms with Crippen LogP contribution in [0.1, 0.15) is 32.8 Å². The van der Waals surface area contributed by atoms with Crippen molar-refractivity contribution in [1.29, 1.82) is 0 Å². The maximum atomic E-state index is 13.5. The Morgan fingerprint density at radius 2 is 1.83 bits per heavy atom. The van der Waals surface area contributed by atoms with E-state index in [0.717, 1.165) is 11.0 Å². The normalized spacial score (nSPS) is 28.5. The fraction of sp³-hybridized carbons (Fsp3) is 0.529. The lowest BCUT2D eigenvalue weighted by Gasteiger charge is -2.29. The number of carbonyl (C=O) groups is 2. The number of benzene rings is 1. The molecular weight excluding hydrogens is 320 g/mol. The van der Waals surface area contributed by atoms with Crippen molar-refractivity contribution in [2.24, 2.45) is 5.92 Å². The van der Waals surface area contributed by atoms with Gasteiger partial charge in [0.05, 0.1) is 0 Å². The third kappa shape index (κ3) is 2.72. The molecule has 2 aliphatic rings. The lowest BCUT2D eigenvalue weighted by atomic mass is 9.94. The van der Waals surface area contributed by atoms with Crippen LogP contribution in [0.3, 0.4) is 0 Å². The van der Waals surface area contributed by atoms with Crippen LogP contribution in [0.4, 0.5) is 13.6 Å². The minimum atomic E-state index is -1.14. The number of nitrogens with zero attached hydrogens (tertiary/aromatic N) is 1. The van der Waals surface area contributed by atoms with Crippen LogP contribution in [0.15, 0.2) is 18.2 Å². The molecule has 0 aromatic heterocycles. The average molecular weight is 339 g/mol. The molecule has 24 heavy (non-hydrogen) atoms. The van der Waals surface area contributed by atoms with Crippen LogP contribution in [0.5, 0.6) is 0 Å². The first kappa shape index (κ1) is 16.7. The van der Waals surface area contributed by atoms with Gasteiger partial charge in [-0.05, 0) is 44.9 Å². The standard InChI is InChI=1S/C17H19F2NO4/c1-16(2,3)24-15(23)20-8-17(7-12(17)13(20)14(21)22)9-4-10(18)6-11(19)5-9/h4-6,12-13H,7-8H2,1-3H3,(H,21,22)/t12-,13?,17+/m0/s1. The molecular formula is C17H19F2NO4. The number of rotatable bonds is 2. The summed E-state index contributed by atoms with van der Waals surface area (Å²) < 4.78 is 32.4. The van der Waals surface area contributed by atoms with Gasteiger partial charge in [0.15, 0.2) is 0 Å². The van der Waals surface area contributed by atoms with Gasteiger partial charge in [-0.15, -0.1) is 0 Å². The summed E-state index contributed by atoms with van der Waals surface area (Å²) in [6, 6.07) is 2.14. The Morgan fingerprint density at radius 3 is 2.33 bits per heavy atom. The van der Waals surface area contributed by atoms with E-state index in [4.69, 9.17) is 4.74 Å². The van der Waals surface area contributed by atoms with Crippen molar-refractivity contribution in [2.75, 3.05) is 6.54 Å². The van der Waals surface area contributed by atoms with Gasteiger partial charge in [-0.1, -0.05) is 0 Å². The zero-order valence-corrected chi connectivity index (χ0v) is 13.7. The van der Waals surface area contributed by atoms with Gasteiger partial charge in [0.1, 0.15) is 23.3 Å². The number of ether oxygens (including phenoxy) is 1. The highest BCUT2D eigenvalue weighted by molar-refractivity contribution is 5.83. The highest BCUT2D eigenvalue weighted by atomic mass is 19.1. The first-order valence-electron chi connectivity index (χ1n) is 7.72. The van der Waals surface area contributed by atoms with Crippen LogP contribution < -0.4 is 0 Å². The van der Waals surface area contributed by atoms with Crippen LogP contribution in [0.25, 0.3) is 0 Å². The number of likely N-dealkylation sites (tertiary alicyclic amines) is 1. The van der Waals surface area contributed by atoms with Gasteiger partial charge in [-0.3, -0.25) is 4.90 Å². The second kappa shape index (κ2) is 5.16. The second-order valence-corrected chi connectivity index (χ2v) is 7.52. The van der Waals surface area contributed by atoms with Crippen LogP contribution in [0.2, 0.25) is 0 Å². The van der Waals surface area contributed by atoms with E-state index in [-0.39, 0.29) is 12.5 Å². The van der Waals surface area contributed by atoms with Gasteiger partial charge in [0.2, 0.25) is 0 Å². The van der Waals surface area contributed by atoms with Gasteiger partial charge >= 0.3 is 12.1 Å². The molecule has 130 valence electrons. The Bertz CT molecular complexity index is 695. The zero-order chi connectivity index (χ0) is 17.9. The van der Waals surface area contributed by atoms with Crippen LogP contribution in [-0.4, -0.2) is 40.3 Å². The summed E-state index contributed by atoms with van der Waals surface area (Å²) >= 11 is 0. The molecule has 7 heteroatoms. The Hall–Kier alpha value is -2.18. The highest BCUT2D eigenvalue weighted by Crippen LogP contribution is 2.62. The third-order valence-electron chi connectivity index (χ3n) is 4.62. The lowest BCUT2D eigenvalue weighted by Crippen LogP contribution is -2.46. The van der Waals surface area contributed by atoms with E-state index in [1.165, 1.54) is 12.1 Å². The van der Waals surface area contributed by atoms with E-state index < -0.39 is 40.8 Å². The van der Waals surface area contributed by atoms with Crippen molar-refractivity contribution < 1.29 is 28.2 Å². The monoisotopic (exact) mass is 339 g/mol. The number of aliphatic carboxylic acids is 1. The summed E-state index contributed by atoms with van der Waals surface area (Å²) in [6.45, 7) is 5.14. The minimum Gasteiger partial charge on any atom is -0.480 e. The van der Waals surface area contributed by atoms with Gasteiger partial charge in [-0.25, -0.2) is 18.4 Å². The molecule has 1 saturated heterocycles. The van der Waals surface area contributed by atoms with E-state index in [2.05, 4.69) is 0 Å². The molecule has 1 N–H and O–H groups in total. The van der Waals surface area contributed by atoms with Gasteiger partial charge < -0.3 is 9.84 Å². The summed E-state index contributed by atoms with van der Waals surface area (Å²) in [5, 5.41) is 9.50. The number of amides is 1. The van der Waals surface area contributed by atoms with E-state index in [1.54, 1.807) is 20.8 Å². The van der Waals surface area contributed by atoms with Gasteiger partial charge in [-0.2, -0.15) is 0 Å². The number of hydrogen-bond acceptors (Lipinski definition) is 3. The van der Waals surface area contributed by atoms with Crippen molar-refractivity contribution >= 4 is 12.1 Å². The first-order valence-corrected chi connectivity index (χ1v) is 7.72. The van der Waals surface area contributed by atoms with Crippen molar-refractivity contribution in [3.63, 3.8) is 0 Å². The predicted molar refractivity (Wildman–Crippen MR) is 80.5 cm³/mol. The van der Waals surface area contributed by atoms with E-state index in [1.807, 2.05) is 0 Å². The predicted octanol–water partition coefficient (Wildman–Crippen LogP) is 2.93. The number of halogens is 2. The fourth-order valence-electron chi connectivity index (χ4n) is 3.62. The van der Waals surface area contributed by atoms with Crippen molar-refractivity contribution in [3.8, 4) is 0 Å². The number of carbonyl (C=O) groups excluding carboxylic acids is 1. The van der Waals surface area contributed by atoms with Crippen LogP contribution in [0, 0.1) is 17.6 Å². The van der Waals surface area contributed by atoms with E-state index in [0.29, 0.717) is 12.0 Å². The molecule has 2 fully saturated rings. The molecule has 1 saturated carbocycles. The molecule has 1 aliphatic carbocycles. The summed E-state index contributed by atoms with van der Waals surface area (Å²) in [5.41, 5.74) is -1.09. The molecule has 3 rings (SSSR count). The van der Waals surface area contributed by atoms with Gasteiger partial charge in [0.25, 0.3) is 0 Å². The SMILES string of the molecule is CC(C)(C)OC(=O)N1C[C@@]2(c3cc(F)cc(F)c3)C[C@H]2C1C(=O)O. The van der Waals surface area contributed by atoms with Crippen molar-refractivity contribution in [2.45, 2.75) is 44.2 Å². The summed E-state index contributed by atoms with van der Waals surface area (Å²) in [6.07, 6.45) is -0.245. The quantitative estimate of drug-likeness (QED) is 0.900. The lowest BCUT2D eigenvalue weighted by molar-refractivity contribution is -0.142. The van der Waals surface area contributed by atoms with Crippen molar-refractivity contribution in [3.05, 3.63) is 35.4 Å². The molecule has 0 radical (unpaired) electrons. The molecule has 1 amide bonds. The Morgan fingerprint density at radius 1 is 1.25 bits per heavy atom. The summed E-state index contributed by atoms with van der Waals surface area (Å²) in [5.74, 6) is -2.94. The van der Waals surface area contributed by atoms with Crippen molar-refractivity contribution in [1.82, 2.24) is 4.90 Å². The molecule has 0 spiro atoms. The maximum Gasteiger partial charge on any atom is 0.411 e. The molecule has 5 nitrogen and oxygen atoms in total. The van der Waals surface area contributed by atoms with Crippen LogP contribution >= 0.6 is 0 Å². The van der Waals surface area contributed by atoms with Gasteiger partial charge in [0, 0.05) is 23.9 Å². The van der Waals surface area contributed by atoms with E-state index >= 15 is 0 Å². The fourth-order valence-corrected chi connectivity index (χ4v) is 3.62. The first-order chi connectivity index (χ1) is 11.0. The number of fused-ring (bicyclic) bond motifs is 1. The minimum absolute atomic E-state index is 0.0758. The summed E-state index contributed by atoms with van der Waals surface area (Å²) in [4.78, 5) is 25.1. The zero-order valence-electron chi connectivity index (χ0n) is 13.7. The number of carboxylic acid groups (broad SMARTS) is 1. The topological polar surface area (TPSA) is 66.8 Å².